The van der Waals surface area contributed by atoms with Gasteiger partial charge >= 0.3 is 0 Å². The summed E-state index contributed by atoms with van der Waals surface area (Å²) in [6, 6.07) is 1.60. The minimum atomic E-state index is -0.512. The van der Waals surface area contributed by atoms with Crippen molar-refractivity contribution in [3.8, 4) is 6.07 Å². The molecule has 0 aliphatic carbocycles. The molecule has 19 heavy (non-hydrogen) atoms. The highest BCUT2D eigenvalue weighted by atomic mass is 35.5. The van der Waals surface area contributed by atoms with Crippen LogP contribution in [0.1, 0.15) is 18.9 Å². The van der Waals surface area contributed by atoms with Crippen LogP contribution in [0.4, 0.5) is 5.00 Å². The zero-order chi connectivity index (χ0) is 14.0. The number of anilines is 1. The normalized spacial score (nSPS) is 20.1. The number of carbonyl (C=O) groups excluding carboxylic acids is 1. The Bertz CT molecular complexity index is 524. The first kappa shape index (κ1) is 14.1. The Hall–Kier alpha value is -1.36. The van der Waals surface area contributed by atoms with Gasteiger partial charge in [-0.1, -0.05) is 11.6 Å². The number of nitrogens with two attached hydrogens (primary N) is 1. The molecule has 1 aromatic heterocycles. The summed E-state index contributed by atoms with van der Waals surface area (Å²) in [4.78, 5) is 13.6. The van der Waals surface area contributed by atoms with E-state index in [1.54, 1.807) is 6.92 Å². The lowest BCUT2D eigenvalue weighted by Crippen LogP contribution is -2.44. The van der Waals surface area contributed by atoms with E-state index >= 15 is 0 Å². The molecule has 1 saturated heterocycles. The van der Waals surface area contributed by atoms with Gasteiger partial charge in [0.25, 0.3) is 0 Å². The van der Waals surface area contributed by atoms with Gasteiger partial charge in [-0.2, -0.15) is 9.64 Å². The Kier molecular flexibility index (Phi) is 4.24. The first-order valence-electron chi connectivity index (χ1n) is 5.89. The first-order valence-corrected chi connectivity index (χ1v) is 7.04. The van der Waals surface area contributed by atoms with Crippen molar-refractivity contribution in [2.45, 2.75) is 25.4 Å². The Morgan fingerprint density at radius 2 is 2.53 bits per heavy atom. The van der Waals surface area contributed by atoms with Crippen LogP contribution in [0, 0.1) is 11.3 Å². The van der Waals surface area contributed by atoms with Gasteiger partial charge in [0, 0.05) is 19.1 Å². The third-order valence-electron chi connectivity index (χ3n) is 2.98. The molecule has 1 aromatic rings. The molecule has 0 saturated carbocycles. The van der Waals surface area contributed by atoms with Crippen molar-refractivity contribution in [3.63, 3.8) is 0 Å². The van der Waals surface area contributed by atoms with E-state index in [0.29, 0.717) is 12.1 Å². The SMILES string of the molecule is C[C@H](N)C(=O)N[C@H]1CCN(c2snc(Cl)c2C#N)C1. The predicted molar refractivity (Wildman–Crippen MR) is 74.2 cm³/mol. The minimum Gasteiger partial charge on any atom is -0.359 e. The number of halogens is 1. The van der Waals surface area contributed by atoms with E-state index in [-0.39, 0.29) is 17.1 Å². The average molecular weight is 300 g/mol. The summed E-state index contributed by atoms with van der Waals surface area (Å²) in [7, 11) is 0. The number of nitriles is 1. The van der Waals surface area contributed by atoms with Gasteiger partial charge in [0.15, 0.2) is 5.15 Å². The Morgan fingerprint density at radius 3 is 3.16 bits per heavy atom. The summed E-state index contributed by atoms with van der Waals surface area (Å²) < 4.78 is 3.98. The van der Waals surface area contributed by atoms with Crippen molar-refractivity contribution in [1.29, 1.82) is 5.26 Å². The molecule has 0 radical (unpaired) electrons. The summed E-state index contributed by atoms with van der Waals surface area (Å²) in [5.74, 6) is -0.158. The van der Waals surface area contributed by atoms with E-state index < -0.39 is 6.04 Å². The largest absolute Gasteiger partial charge is 0.359 e. The Morgan fingerprint density at radius 1 is 1.79 bits per heavy atom. The van der Waals surface area contributed by atoms with Crippen molar-refractivity contribution < 1.29 is 4.79 Å². The average Bonchev–Trinajstić information content (AvgIpc) is 2.95. The van der Waals surface area contributed by atoms with E-state index in [2.05, 4.69) is 15.8 Å². The number of nitrogens with one attached hydrogen (secondary N) is 1. The molecule has 1 aliphatic heterocycles. The molecule has 2 rings (SSSR count). The standard InChI is InChI=1S/C11H14ClN5OS/c1-6(14)10(18)15-7-2-3-17(5-7)11-8(4-13)9(12)16-19-11/h6-7H,2-3,5,14H2,1H3,(H,15,18)/t6-,7-/m0/s1. The predicted octanol–water partition coefficient (Wildman–Crippen LogP) is 0.710. The van der Waals surface area contributed by atoms with Crippen LogP contribution in [-0.2, 0) is 4.79 Å². The maximum absolute atomic E-state index is 11.5. The topological polar surface area (TPSA) is 95.0 Å². The van der Waals surface area contributed by atoms with Crippen LogP contribution in [0.3, 0.4) is 0 Å². The van der Waals surface area contributed by atoms with E-state index in [4.69, 9.17) is 22.6 Å². The monoisotopic (exact) mass is 299 g/mol. The molecule has 0 spiro atoms. The molecular weight excluding hydrogens is 286 g/mol. The Balaban J connectivity index is 2.02. The summed E-state index contributed by atoms with van der Waals surface area (Å²) in [5.41, 5.74) is 5.92. The summed E-state index contributed by atoms with van der Waals surface area (Å²) >= 11 is 7.06. The maximum atomic E-state index is 11.5. The zero-order valence-electron chi connectivity index (χ0n) is 10.4. The molecule has 2 heterocycles. The second-order valence-corrected chi connectivity index (χ2v) is 5.60. The number of aromatic nitrogens is 1. The molecule has 1 amide bonds. The Labute approximate surface area is 120 Å². The van der Waals surface area contributed by atoms with Gasteiger partial charge < -0.3 is 16.0 Å². The van der Waals surface area contributed by atoms with Gasteiger partial charge in [-0.05, 0) is 24.9 Å². The molecule has 0 aromatic carbocycles. The van der Waals surface area contributed by atoms with Gasteiger partial charge in [-0.3, -0.25) is 4.79 Å². The van der Waals surface area contributed by atoms with Crippen molar-refractivity contribution in [3.05, 3.63) is 10.7 Å². The molecule has 0 unspecified atom stereocenters. The highest BCUT2D eigenvalue weighted by Gasteiger charge is 2.28. The number of carbonyl (C=O) groups is 1. The zero-order valence-corrected chi connectivity index (χ0v) is 12.0. The van der Waals surface area contributed by atoms with Crippen LogP contribution in [-0.4, -0.2) is 35.5 Å². The third-order valence-corrected chi connectivity index (χ3v) is 4.26. The lowest BCUT2D eigenvalue weighted by Gasteiger charge is -2.17. The number of hydrogen-bond acceptors (Lipinski definition) is 6. The third kappa shape index (κ3) is 2.97. The summed E-state index contributed by atoms with van der Waals surface area (Å²) in [6.45, 7) is 3.06. The number of nitrogens with zero attached hydrogens (tertiary/aromatic N) is 3. The summed E-state index contributed by atoms with van der Waals surface area (Å²) in [5, 5.41) is 12.9. The lowest BCUT2D eigenvalue weighted by atomic mass is 10.2. The molecule has 102 valence electrons. The van der Waals surface area contributed by atoms with Gasteiger partial charge in [0.05, 0.1) is 6.04 Å². The fourth-order valence-electron chi connectivity index (χ4n) is 1.97. The van der Waals surface area contributed by atoms with E-state index in [1.807, 2.05) is 4.90 Å². The van der Waals surface area contributed by atoms with Crippen molar-refractivity contribution >= 4 is 34.0 Å². The number of rotatable bonds is 3. The number of amides is 1. The van der Waals surface area contributed by atoms with E-state index in [1.165, 1.54) is 11.5 Å². The maximum Gasteiger partial charge on any atom is 0.236 e. The van der Waals surface area contributed by atoms with Gasteiger partial charge in [-0.15, -0.1) is 0 Å². The van der Waals surface area contributed by atoms with Crippen LogP contribution >= 0.6 is 23.1 Å². The minimum absolute atomic E-state index is 0.0471. The van der Waals surface area contributed by atoms with Gasteiger partial charge in [0.1, 0.15) is 16.6 Å². The quantitative estimate of drug-likeness (QED) is 0.857. The second-order valence-electron chi connectivity index (χ2n) is 4.49. The van der Waals surface area contributed by atoms with Crippen molar-refractivity contribution in [2.75, 3.05) is 18.0 Å². The van der Waals surface area contributed by atoms with E-state index in [9.17, 15) is 4.79 Å². The van der Waals surface area contributed by atoms with Crippen LogP contribution < -0.4 is 16.0 Å². The number of hydrogen-bond donors (Lipinski definition) is 2. The highest BCUT2D eigenvalue weighted by Crippen LogP contribution is 2.33. The van der Waals surface area contributed by atoms with E-state index in [0.717, 1.165) is 18.0 Å². The molecule has 1 aliphatic rings. The smallest absolute Gasteiger partial charge is 0.236 e. The first-order chi connectivity index (χ1) is 9.02. The molecule has 2 atom stereocenters. The fraction of sp³-hybridized carbons (Fsp3) is 0.545. The van der Waals surface area contributed by atoms with Crippen LogP contribution in [0.5, 0.6) is 0 Å². The lowest BCUT2D eigenvalue weighted by molar-refractivity contribution is -0.122. The van der Waals surface area contributed by atoms with Crippen molar-refractivity contribution in [2.24, 2.45) is 5.73 Å². The summed E-state index contributed by atoms with van der Waals surface area (Å²) in [6.07, 6.45) is 0.818. The molecule has 8 heteroatoms. The van der Waals surface area contributed by atoms with Gasteiger partial charge in [-0.25, -0.2) is 0 Å². The second kappa shape index (κ2) is 5.74. The van der Waals surface area contributed by atoms with Gasteiger partial charge in [0.2, 0.25) is 5.91 Å². The molecule has 0 bridgehead atoms. The molecular formula is C11H14ClN5OS. The molecule has 1 fully saturated rings. The van der Waals surface area contributed by atoms with Crippen molar-refractivity contribution in [1.82, 2.24) is 9.69 Å². The fourth-order valence-corrected chi connectivity index (χ4v) is 3.03. The van der Waals surface area contributed by atoms with Crippen LogP contribution in [0.2, 0.25) is 5.15 Å². The highest BCUT2D eigenvalue weighted by molar-refractivity contribution is 7.10. The molecule has 3 N–H and O–H groups in total. The molecule has 6 nitrogen and oxygen atoms in total. The van der Waals surface area contributed by atoms with Crippen LogP contribution in [0.15, 0.2) is 0 Å². The van der Waals surface area contributed by atoms with Crippen LogP contribution in [0.25, 0.3) is 0 Å².